The van der Waals surface area contributed by atoms with Crippen LogP contribution in [0.4, 0.5) is 0 Å². The van der Waals surface area contributed by atoms with Gasteiger partial charge in [-0.3, -0.25) is 0 Å². The fourth-order valence-electron chi connectivity index (χ4n) is 2.44. The Hall–Kier alpha value is 0.346. The van der Waals surface area contributed by atoms with Crippen LogP contribution >= 0.6 is 0 Å². The van der Waals surface area contributed by atoms with Gasteiger partial charge in [0.2, 0.25) is 0 Å². The van der Waals surface area contributed by atoms with Gasteiger partial charge in [0.1, 0.15) is 0 Å². The molecule has 0 rings (SSSR count). The maximum atomic E-state index is 4.55. The maximum Gasteiger partial charge on any atom is 0 e. The van der Waals surface area contributed by atoms with E-state index in [2.05, 4.69) is 69.7 Å². The van der Waals surface area contributed by atoms with Crippen LogP contribution < -0.4 is 0 Å². The third-order valence-electron chi connectivity index (χ3n) is 3.39. The van der Waals surface area contributed by atoms with Gasteiger partial charge in [-0.05, 0) is 0 Å². The molecule has 5 heteroatoms. The zero-order valence-corrected chi connectivity index (χ0v) is 18.6. The van der Waals surface area contributed by atoms with Crippen molar-refractivity contribution in [1.82, 2.24) is 0 Å². The van der Waals surface area contributed by atoms with Crippen molar-refractivity contribution in [3.05, 3.63) is 21.3 Å². The minimum atomic E-state index is 0. The summed E-state index contributed by atoms with van der Waals surface area (Å²) in [5, 5.41) is 17.8. The quantitative estimate of drug-likeness (QED) is 0.384. The van der Waals surface area contributed by atoms with Crippen molar-refractivity contribution in [2.45, 2.75) is 105 Å². The van der Waals surface area contributed by atoms with Crippen LogP contribution in [0.1, 0.15) is 81.6 Å². The van der Waals surface area contributed by atoms with Gasteiger partial charge in [0.15, 0.2) is 0 Å². The van der Waals surface area contributed by atoms with E-state index in [0.717, 1.165) is 38.9 Å². The summed E-state index contributed by atoms with van der Waals surface area (Å²) >= 11 is 0. The third kappa shape index (κ3) is 20.4. The smallest absolute Gasteiger partial charge is 0 e. The molecule has 0 heterocycles. The molecule has 0 saturated heterocycles. The predicted octanol–water partition coefficient (Wildman–Crippen LogP) is 6.62. The molecule has 0 aromatic heterocycles. The van der Waals surface area contributed by atoms with Crippen molar-refractivity contribution in [3.63, 3.8) is 0 Å². The number of nitrogens with zero attached hydrogens (tertiary/aromatic N) is 4. The summed E-state index contributed by atoms with van der Waals surface area (Å²) < 4.78 is 0. The standard InChI is InChI=1S/C11H24N2.C8H18N2.Co/c1-5-10(12-7-3)9-11(6-2)13-8-4;1-6-9-7(2)10-8(3,4)5;/h10-11H,5-9H2,1-4H3;7H,6H2,1-5H3;/q2*-2;. The first-order chi connectivity index (χ1) is 10.7. The van der Waals surface area contributed by atoms with Crippen molar-refractivity contribution in [3.8, 4) is 0 Å². The summed E-state index contributed by atoms with van der Waals surface area (Å²) in [6.07, 6.45) is 3.62. The summed E-state index contributed by atoms with van der Waals surface area (Å²) in [5.41, 5.74) is 0.0537. The molecule has 0 aromatic carbocycles. The second kappa shape index (κ2) is 18.1. The predicted molar refractivity (Wildman–Crippen MR) is 107 cm³/mol. The Morgan fingerprint density at radius 3 is 1.33 bits per heavy atom. The topological polar surface area (TPSA) is 56.4 Å². The van der Waals surface area contributed by atoms with Crippen molar-refractivity contribution in [2.75, 3.05) is 19.6 Å². The molecule has 4 nitrogen and oxygen atoms in total. The Morgan fingerprint density at radius 1 is 0.708 bits per heavy atom. The minimum absolute atomic E-state index is 0. The van der Waals surface area contributed by atoms with Crippen LogP contribution in [0.3, 0.4) is 0 Å². The number of hydrogen-bond donors (Lipinski definition) is 0. The summed E-state index contributed by atoms with van der Waals surface area (Å²) in [6.45, 7) is 21.7. The van der Waals surface area contributed by atoms with E-state index in [1.807, 2.05) is 13.8 Å². The van der Waals surface area contributed by atoms with E-state index in [9.17, 15) is 0 Å². The van der Waals surface area contributed by atoms with Crippen LogP contribution in [-0.2, 0) is 16.8 Å². The van der Waals surface area contributed by atoms with Crippen LogP contribution in [0.25, 0.3) is 21.3 Å². The van der Waals surface area contributed by atoms with E-state index in [1.165, 1.54) is 0 Å². The normalized spacial score (nSPS) is 14.9. The van der Waals surface area contributed by atoms with Crippen molar-refractivity contribution in [2.24, 2.45) is 0 Å². The molecular formula is C19H42CoN4-4. The summed E-state index contributed by atoms with van der Waals surface area (Å²) in [6, 6.07) is 1.07. The van der Waals surface area contributed by atoms with Gasteiger partial charge in [0, 0.05) is 16.8 Å². The molecule has 0 aromatic rings. The van der Waals surface area contributed by atoms with Crippen molar-refractivity contribution >= 4 is 0 Å². The van der Waals surface area contributed by atoms with Crippen LogP contribution in [-0.4, -0.2) is 43.4 Å². The van der Waals surface area contributed by atoms with E-state index in [-0.39, 0.29) is 28.5 Å². The first-order valence-electron chi connectivity index (χ1n) is 9.45. The third-order valence-corrected chi connectivity index (χ3v) is 3.39. The van der Waals surface area contributed by atoms with Crippen molar-refractivity contribution < 1.29 is 16.8 Å². The molecule has 0 bridgehead atoms. The fraction of sp³-hybridized carbons (Fsp3) is 1.00. The first-order valence-corrected chi connectivity index (χ1v) is 9.45. The fourth-order valence-corrected chi connectivity index (χ4v) is 2.44. The SMILES string of the molecule is CC[N-]C(C)[N-]C(C)(C)C.CC[N-]C(CC)CC(CC)[N-]CC.[Co]. The van der Waals surface area contributed by atoms with E-state index in [4.69, 9.17) is 0 Å². The van der Waals surface area contributed by atoms with Gasteiger partial charge in [0.25, 0.3) is 0 Å². The molecule has 0 spiro atoms. The van der Waals surface area contributed by atoms with E-state index in [0.29, 0.717) is 12.1 Å². The summed E-state index contributed by atoms with van der Waals surface area (Å²) in [4.78, 5) is 0. The molecule has 151 valence electrons. The first kappa shape index (κ1) is 29.1. The molecule has 0 saturated carbocycles. The molecule has 0 fully saturated rings. The second-order valence-electron chi connectivity index (χ2n) is 6.79. The molecular weight excluding hydrogens is 343 g/mol. The van der Waals surface area contributed by atoms with Crippen LogP contribution in [0.5, 0.6) is 0 Å². The van der Waals surface area contributed by atoms with E-state index in [1.54, 1.807) is 0 Å². The Morgan fingerprint density at radius 2 is 1.08 bits per heavy atom. The molecule has 0 aliphatic heterocycles. The Kier molecular flexibility index (Phi) is 22.0. The van der Waals surface area contributed by atoms with E-state index >= 15 is 0 Å². The largest absolute Gasteiger partial charge is 0.678 e. The van der Waals surface area contributed by atoms with Gasteiger partial charge in [-0.25, -0.2) is 6.17 Å². The van der Waals surface area contributed by atoms with Crippen LogP contribution in [0, 0.1) is 0 Å². The zero-order valence-electron chi connectivity index (χ0n) is 17.6. The van der Waals surface area contributed by atoms with Gasteiger partial charge >= 0.3 is 0 Å². The van der Waals surface area contributed by atoms with E-state index < -0.39 is 0 Å². The molecule has 0 N–H and O–H groups in total. The molecule has 3 unspecified atom stereocenters. The van der Waals surface area contributed by atoms with Crippen LogP contribution in [0.15, 0.2) is 0 Å². The molecule has 24 heavy (non-hydrogen) atoms. The molecule has 1 radical (unpaired) electrons. The minimum Gasteiger partial charge on any atom is -0.678 e. The van der Waals surface area contributed by atoms with Crippen molar-refractivity contribution in [1.29, 1.82) is 0 Å². The Bertz CT molecular complexity index is 232. The number of hydrogen-bond acceptors (Lipinski definition) is 0. The number of rotatable bonds is 11. The molecule has 0 aliphatic rings. The molecule has 0 amide bonds. The average Bonchev–Trinajstić information content (AvgIpc) is 2.45. The van der Waals surface area contributed by atoms with Gasteiger partial charge < -0.3 is 21.3 Å². The Labute approximate surface area is 163 Å². The van der Waals surface area contributed by atoms with Crippen LogP contribution in [0.2, 0.25) is 0 Å². The van der Waals surface area contributed by atoms with Gasteiger partial charge in [0.05, 0.1) is 0 Å². The summed E-state index contributed by atoms with van der Waals surface area (Å²) in [5.74, 6) is 0. The second-order valence-corrected chi connectivity index (χ2v) is 6.79. The zero-order chi connectivity index (χ0) is 18.3. The van der Waals surface area contributed by atoms with Gasteiger partial charge in [-0.2, -0.15) is 19.6 Å². The summed E-state index contributed by atoms with van der Waals surface area (Å²) in [7, 11) is 0. The molecule has 0 aliphatic carbocycles. The average molecular weight is 386 g/mol. The Balaban J connectivity index is -0.000000364. The van der Waals surface area contributed by atoms with Gasteiger partial charge in [-0.1, -0.05) is 74.7 Å². The monoisotopic (exact) mass is 385 g/mol. The maximum absolute atomic E-state index is 4.55. The van der Waals surface area contributed by atoms with Gasteiger partial charge in [-0.15, -0.1) is 24.5 Å². The molecule has 3 atom stereocenters.